The third-order valence-electron chi connectivity index (χ3n) is 3.09. The first-order valence-electron chi connectivity index (χ1n) is 6.22. The van der Waals surface area contributed by atoms with Crippen molar-refractivity contribution in [3.63, 3.8) is 0 Å². The average molecular weight is 260 g/mol. The zero-order valence-electron chi connectivity index (χ0n) is 10.7. The summed E-state index contributed by atoms with van der Waals surface area (Å²) in [5.74, 6) is 1.20. The predicted molar refractivity (Wildman–Crippen MR) is 79.6 cm³/mol. The van der Waals surface area contributed by atoms with Crippen molar-refractivity contribution >= 4 is 16.5 Å². The number of fused-ring (bicyclic) bond motifs is 1. The number of anilines is 1. The summed E-state index contributed by atoms with van der Waals surface area (Å²) >= 11 is 0. The van der Waals surface area contributed by atoms with Gasteiger partial charge in [-0.3, -0.25) is 0 Å². The van der Waals surface area contributed by atoms with Gasteiger partial charge in [0, 0.05) is 6.07 Å². The van der Waals surface area contributed by atoms with E-state index in [2.05, 4.69) is 6.07 Å². The Labute approximate surface area is 116 Å². The number of nitrogens with zero attached hydrogens (tertiary/aromatic N) is 1. The molecule has 0 radical (unpaired) electrons. The Morgan fingerprint density at radius 1 is 0.900 bits per heavy atom. The molecule has 0 bridgehead atoms. The van der Waals surface area contributed by atoms with Crippen LogP contribution in [0.5, 0.6) is 11.5 Å². The predicted octanol–water partition coefficient (Wildman–Crippen LogP) is 4.09. The second-order valence-corrected chi connectivity index (χ2v) is 4.48. The lowest BCUT2D eigenvalue weighted by Gasteiger charge is -2.09. The zero-order valence-corrected chi connectivity index (χ0v) is 10.7. The lowest BCUT2D eigenvalue weighted by Crippen LogP contribution is -1.92. The molecule has 0 spiro atoms. The van der Waals surface area contributed by atoms with Crippen LogP contribution in [-0.2, 0) is 0 Å². The van der Waals surface area contributed by atoms with Crippen molar-refractivity contribution in [3.8, 4) is 17.6 Å². The third-order valence-corrected chi connectivity index (χ3v) is 3.09. The maximum absolute atomic E-state index is 8.91. The third kappa shape index (κ3) is 2.27. The normalized spacial score (nSPS) is 10.2. The molecule has 3 aromatic carbocycles. The van der Waals surface area contributed by atoms with Gasteiger partial charge in [0.2, 0.25) is 0 Å². The summed E-state index contributed by atoms with van der Waals surface area (Å²) in [6.45, 7) is 0. The SMILES string of the molecule is N#Cc1ccc(N)c(Oc2ccc3ccccc3c2)c1. The van der Waals surface area contributed by atoms with Crippen molar-refractivity contribution in [2.24, 2.45) is 0 Å². The summed E-state index contributed by atoms with van der Waals surface area (Å²) in [7, 11) is 0. The van der Waals surface area contributed by atoms with E-state index in [1.54, 1.807) is 18.2 Å². The van der Waals surface area contributed by atoms with E-state index >= 15 is 0 Å². The molecule has 0 saturated carbocycles. The number of nitrogen functional groups attached to an aromatic ring is 1. The van der Waals surface area contributed by atoms with E-state index < -0.39 is 0 Å². The monoisotopic (exact) mass is 260 g/mol. The molecule has 2 N–H and O–H groups in total. The quantitative estimate of drug-likeness (QED) is 0.706. The maximum atomic E-state index is 8.91. The summed E-state index contributed by atoms with van der Waals surface area (Å²) in [6, 6.07) is 21.0. The van der Waals surface area contributed by atoms with Crippen LogP contribution in [0, 0.1) is 11.3 Å². The molecule has 0 unspecified atom stereocenters. The Kier molecular flexibility index (Phi) is 2.98. The summed E-state index contributed by atoms with van der Waals surface area (Å²) in [6.07, 6.45) is 0. The highest BCUT2D eigenvalue weighted by Gasteiger charge is 2.04. The Hall–Kier alpha value is -2.99. The smallest absolute Gasteiger partial charge is 0.151 e. The minimum absolute atomic E-state index is 0.499. The highest BCUT2D eigenvalue weighted by atomic mass is 16.5. The lowest BCUT2D eigenvalue weighted by atomic mass is 10.1. The molecule has 20 heavy (non-hydrogen) atoms. The fourth-order valence-electron chi connectivity index (χ4n) is 2.05. The molecule has 3 rings (SSSR count). The van der Waals surface area contributed by atoms with Crippen LogP contribution in [-0.4, -0.2) is 0 Å². The summed E-state index contributed by atoms with van der Waals surface area (Å²) in [5, 5.41) is 11.2. The first-order chi connectivity index (χ1) is 9.76. The van der Waals surface area contributed by atoms with Gasteiger partial charge in [0.1, 0.15) is 5.75 Å². The van der Waals surface area contributed by atoms with Crippen LogP contribution in [0.15, 0.2) is 60.7 Å². The summed E-state index contributed by atoms with van der Waals surface area (Å²) in [5.41, 5.74) is 6.90. The van der Waals surface area contributed by atoms with E-state index in [9.17, 15) is 0 Å². The summed E-state index contributed by atoms with van der Waals surface area (Å²) < 4.78 is 5.78. The van der Waals surface area contributed by atoms with Gasteiger partial charge in [0.15, 0.2) is 5.75 Å². The number of benzene rings is 3. The molecule has 0 amide bonds. The minimum atomic E-state index is 0.499. The van der Waals surface area contributed by atoms with Gasteiger partial charge in [0.25, 0.3) is 0 Å². The van der Waals surface area contributed by atoms with Crippen LogP contribution >= 0.6 is 0 Å². The largest absolute Gasteiger partial charge is 0.455 e. The fraction of sp³-hybridized carbons (Fsp3) is 0. The topological polar surface area (TPSA) is 59.0 Å². The van der Waals surface area contributed by atoms with E-state index in [1.165, 1.54) is 0 Å². The van der Waals surface area contributed by atoms with E-state index in [4.69, 9.17) is 15.7 Å². The van der Waals surface area contributed by atoms with Gasteiger partial charge in [-0.05, 0) is 35.0 Å². The van der Waals surface area contributed by atoms with Crippen molar-refractivity contribution in [2.45, 2.75) is 0 Å². The van der Waals surface area contributed by atoms with Crippen molar-refractivity contribution < 1.29 is 4.74 Å². The molecular weight excluding hydrogens is 248 g/mol. The second kappa shape index (κ2) is 4.94. The number of rotatable bonds is 2. The average Bonchev–Trinajstić information content (AvgIpc) is 2.49. The first kappa shape index (κ1) is 12.1. The Morgan fingerprint density at radius 3 is 2.50 bits per heavy atom. The van der Waals surface area contributed by atoms with Gasteiger partial charge in [-0.25, -0.2) is 0 Å². The first-order valence-corrected chi connectivity index (χ1v) is 6.22. The molecule has 0 heterocycles. The summed E-state index contributed by atoms with van der Waals surface area (Å²) in [4.78, 5) is 0. The van der Waals surface area contributed by atoms with Crippen LogP contribution in [0.25, 0.3) is 10.8 Å². The molecule has 0 atom stereocenters. The van der Waals surface area contributed by atoms with Crippen LogP contribution < -0.4 is 10.5 Å². The molecule has 0 aliphatic heterocycles. The van der Waals surface area contributed by atoms with Crippen molar-refractivity contribution in [2.75, 3.05) is 5.73 Å². The van der Waals surface area contributed by atoms with E-state index in [0.717, 1.165) is 10.8 Å². The molecule has 96 valence electrons. The molecule has 3 aromatic rings. The zero-order chi connectivity index (χ0) is 13.9. The van der Waals surface area contributed by atoms with Crippen LogP contribution in [0.1, 0.15) is 5.56 Å². The highest BCUT2D eigenvalue weighted by molar-refractivity contribution is 5.83. The number of ether oxygens (including phenoxy) is 1. The van der Waals surface area contributed by atoms with Gasteiger partial charge in [-0.2, -0.15) is 5.26 Å². The molecule has 0 aliphatic carbocycles. The van der Waals surface area contributed by atoms with Gasteiger partial charge < -0.3 is 10.5 Å². The van der Waals surface area contributed by atoms with Gasteiger partial charge in [-0.15, -0.1) is 0 Å². The molecule has 0 aliphatic rings. The van der Waals surface area contributed by atoms with Crippen molar-refractivity contribution in [1.29, 1.82) is 5.26 Å². The van der Waals surface area contributed by atoms with Crippen LogP contribution in [0.4, 0.5) is 5.69 Å². The minimum Gasteiger partial charge on any atom is -0.455 e. The van der Waals surface area contributed by atoms with E-state index in [1.807, 2.05) is 42.5 Å². The van der Waals surface area contributed by atoms with E-state index in [-0.39, 0.29) is 0 Å². The Balaban J connectivity index is 1.99. The molecular formula is C17H12N2O. The molecule has 3 heteroatoms. The van der Waals surface area contributed by atoms with E-state index in [0.29, 0.717) is 22.7 Å². The number of nitriles is 1. The van der Waals surface area contributed by atoms with Gasteiger partial charge >= 0.3 is 0 Å². The number of hydrogen-bond acceptors (Lipinski definition) is 3. The molecule has 0 fully saturated rings. The Bertz CT molecular complexity index is 819. The second-order valence-electron chi connectivity index (χ2n) is 4.48. The fourth-order valence-corrected chi connectivity index (χ4v) is 2.05. The van der Waals surface area contributed by atoms with Crippen molar-refractivity contribution in [1.82, 2.24) is 0 Å². The standard InChI is InChI=1S/C17H12N2O/c18-11-12-5-8-16(19)17(9-12)20-15-7-6-13-3-1-2-4-14(13)10-15/h1-10H,19H2. The van der Waals surface area contributed by atoms with Gasteiger partial charge in [0.05, 0.1) is 17.3 Å². The number of hydrogen-bond donors (Lipinski definition) is 1. The van der Waals surface area contributed by atoms with Crippen LogP contribution in [0.2, 0.25) is 0 Å². The highest BCUT2D eigenvalue weighted by Crippen LogP contribution is 2.30. The molecule has 0 saturated heterocycles. The van der Waals surface area contributed by atoms with Gasteiger partial charge in [-0.1, -0.05) is 30.3 Å². The van der Waals surface area contributed by atoms with Crippen LogP contribution in [0.3, 0.4) is 0 Å². The Morgan fingerprint density at radius 2 is 1.70 bits per heavy atom. The lowest BCUT2D eigenvalue weighted by molar-refractivity contribution is 0.485. The number of nitrogens with two attached hydrogens (primary N) is 1. The molecule has 3 nitrogen and oxygen atoms in total. The van der Waals surface area contributed by atoms with Crippen molar-refractivity contribution in [3.05, 3.63) is 66.2 Å². The molecule has 0 aromatic heterocycles. The maximum Gasteiger partial charge on any atom is 0.151 e.